The van der Waals surface area contributed by atoms with Crippen molar-refractivity contribution in [2.24, 2.45) is 0 Å². The van der Waals surface area contributed by atoms with Gasteiger partial charge in [-0.1, -0.05) is 68.4 Å². The third-order valence-electron chi connectivity index (χ3n) is 2.38. The second-order valence-corrected chi connectivity index (χ2v) is 3.43. The molecule has 0 aliphatic rings. The molecule has 2 aromatic carbocycles. The third-order valence-corrected chi connectivity index (χ3v) is 2.38. The van der Waals surface area contributed by atoms with E-state index >= 15 is 0 Å². The summed E-state index contributed by atoms with van der Waals surface area (Å²) in [6, 6.07) is 18.3. The minimum Gasteiger partial charge on any atom is -0.303 e. The smallest absolute Gasteiger partial charge is 0.124 e. The zero-order valence-corrected chi connectivity index (χ0v) is 10.4. The van der Waals surface area contributed by atoms with Crippen LogP contribution in [0.25, 0.3) is 11.1 Å². The lowest BCUT2D eigenvalue weighted by Gasteiger charge is -2.01. The Labute approximate surface area is 103 Å². The van der Waals surface area contributed by atoms with Crippen LogP contribution < -0.4 is 0 Å². The fourth-order valence-electron chi connectivity index (χ4n) is 1.56. The molecule has 88 valence electrons. The predicted molar refractivity (Wildman–Crippen MR) is 73.0 cm³/mol. The molecule has 17 heavy (non-hydrogen) atoms. The summed E-state index contributed by atoms with van der Waals surface area (Å²) in [6.07, 6.45) is 1.42. The maximum absolute atomic E-state index is 10.3. The van der Waals surface area contributed by atoms with Crippen molar-refractivity contribution in [3.63, 3.8) is 0 Å². The van der Waals surface area contributed by atoms with Gasteiger partial charge in [-0.05, 0) is 16.7 Å². The molecule has 0 aliphatic carbocycles. The van der Waals surface area contributed by atoms with Gasteiger partial charge in [-0.25, -0.2) is 0 Å². The molecule has 0 aliphatic heterocycles. The van der Waals surface area contributed by atoms with E-state index in [1.54, 1.807) is 0 Å². The molecule has 2 aromatic rings. The molecule has 0 saturated heterocycles. The number of rotatable bonds is 3. The van der Waals surface area contributed by atoms with Crippen LogP contribution in [0.5, 0.6) is 0 Å². The summed E-state index contributed by atoms with van der Waals surface area (Å²) in [7, 11) is 0. The van der Waals surface area contributed by atoms with E-state index in [0.29, 0.717) is 6.42 Å². The van der Waals surface area contributed by atoms with Gasteiger partial charge in [0.15, 0.2) is 0 Å². The lowest BCUT2D eigenvalue weighted by Crippen LogP contribution is -1.85. The van der Waals surface area contributed by atoms with Crippen LogP contribution in [0.15, 0.2) is 54.6 Å². The molecule has 0 spiro atoms. The maximum Gasteiger partial charge on any atom is 0.124 e. The highest BCUT2D eigenvalue weighted by atomic mass is 16.1. The van der Waals surface area contributed by atoms with Crippen molar-refractivity contribution in [1.29, 1.82) is 0 Å². The fourth-order valence-corrected chi connectivity index (χ4v) is 1.56. The molecule has 0 saturated carbocycles. The SMILES string of the molecule is CC.O=CCc1ccc(-c2ccccc2)cc1. The first-order chi connectivity index (χ1) is 8.40. The highest BCUT2D eigenvalue weighted by molar-refractivity contribution is 5.64. The Morgan fingerprint density at radius 3 is 1.88 bits per heavy atom. The van der Waals surface area contributed by atoms with Gasteiger partial charge in [-0.15, -0.1) is 0 Å². The molecule has 0 N–H and O–H groups in total. The van der Waals surface area contributed by atoms with Crippen molar-refractivity contribution in [2.45, 2.75) is 20.3 Å². The van der Waals surface area contributed by atoms with Crippen molar-refractivity contribution < 1.29 is 4.79 Å². The summed E-state index contributed by atoms with van der Waals surface area (Å²) < 4.78 is 0. The average molecular weight is 226 g/mol. The van der Waals surface area contributed by atoms with Gasteiger partial charge >= 0.3 is 0 Å². The Bertz CT molecular complexity index is 429. The van der Waals surface area contributed by atoms with Gasteiger partial charge in [0.1, 0.15) is 6.29 Å². The third kappa shape index (κ3) is 3.87. The number of carbonyl (C=O) groups excluding carboxylic acids is 1. The first-order valence-electron chi connectivity index (χ1n) is 5.98. The van der Waals surface area contributed by atoms with Crippen LogP contribution >= 0.6 is 0 Å². The second-order valence-electron chi connectivity index (χ2n) is 3.43. The molecule has 0 aromatic heterocycles. The molecule has 2 rings (SSSR count). The molecule has 0 unspecified atom stereocenters. The summed E-state index contributed by atoms with van der Waals surface area (Å²) >= 11 is 0. The Morgan fingerprint density at radius 2 is 1.35 bits per heavy atom. The monoisotopic (exact) mass is 226 g/mol. The molecule has 1 heteroatoms. The van der Waals surface area contributed by atoms with E-state index in [2.05, 4.69) is 12.1 Å². The minimum absolute atomic E-state index is 0.495. The van der Waals surface area contributed by atoms with Crippen LogP contribution in [-0.2, 0) is 11.2 Å². The molecule has 0 radical (unpaired) electrons. The number of carbonyl (C=O) groups is 1. The van der Waals surface area contributed by atoms with Gasteiger partial charge in [0.25, 0.3) is 0 Å². The highest BCUT2D eigenvalue weighted by Gasteiger charge is 1.96. The first kappa shape index (κ1) is 13.2. The largest absolute Gasteiger partial charge is 0.303 e. The topological polar surface area (TPSA) is 17.1 Å². The highest BCUT2D eigenvalue weighted by Crippen LogP contribution is 2.18. The van der Waals surface area contributed by atoms with Crippen molar-refractivity contribution in [3.8, 4) is 11.1 Å². The Balaban J connectivity index is 0.000000686. The summed E-state index contributed by atoms with van der Waals surface area (Å²) in [5, 5.41) is 0. The lowest BCUT2D eigenvalue weighted by atomic mass is 10.0. The van der Waals surface area contributed by atoms with Gasteiger partial charge in [-0.2, -0.15) is 0 Å². The molecule has 0 fully saturated rings. The van der Waals surface area contributed by atoms with E-state index in [4.69, 9.17) is 0 Å². The number of hydrogen-bond acceptors (Lipinski definition) is 1. The summed E-state index contributed by atoms with van der Waals surface area (Å²) in [6.45, 7) is 4.00. The van der Waals surface area contributed by atoms with E-state index in [1.807, 2.05) is 56.3 Å². The van der Waals surface area contributed by atoms with Crippen LogP contribution in [-0.4, -0.2) is 6.29 Å². The van der Waals surface area contributed by atoms with E-state index in [1.165, 1.54) is 11.1 Å². The molecule has 0 amide bonds. The quantitative estimate of drug-likeness (QED) is 0.719. The van der Waals surface area contributed by atoms with Crippen LogP contribution in [0.4, 0.5) is 0 Å². The number of aldehydes is 1. The van der Waals surface area contributed by atoms with Crippen molar-refractivity contribution >= 4 is 6.29 Å². The van der Waals surface area contributed by atoms with Gasteiger partial charge in [0.05, 0.1) is 0 Å². The second kappa shape index (κ2) is 7.39. The Hall–Kier alpha value is -1.89. The standard InChI is InChI=1S/C14H12O.C2H6/c15-11-10-12-6-8-14(9-7-12)13-4-2-1-3-5-13;1-2/h1-9,11H,10H2;1-2H3. The molecular formula is C16H18O. The van der Waals surface area contributed by atoms with Gasteiger partial charge in [0, 0.05) is 6.42 Å². The number of benzene rings is 2. The Kier molecular flexibility index (Phi) is 5.73. The van der Waals surface area contributed by atoms with E-state index in [9.17, 15) is 4.79 Å². The van der Waals surface area contributed by atoms with Gasteiger partial charge in [0.2, 0.25) is 0 Å². The molecule has 0 bridgehead atoms. The van der Waals surface area contributed by atoms with E-state index in [-0.39, 0.29) is 0 Å². The van der Waals surface area contributed by atoms with Crippen LogP contribution in [0, 0.1) is 0 Å². The molecular weight excluding hydrogens is 208 g/mol. The van der Waals surface area contributed by atoms with Crippen LogP contribution in [0.3, 0.4) is 0 Å². The average Bonchev–Trinajstić information content (AvgIpc) is 2.43. The van der Waals surface area contributed by atoms with Gasteiger partial charge < -0.3 is 4.79 Å². The molecule has 0 heterocycles. The fraction of sp³-hybridized carbons (Fsp3) is 0.188. The maximum atomic E-state index is 10.3. The van der Waals surface area contributed by atoms with Crippen LogP contribution in [0.2, 0.25) is 0 Å². The van der Waals surface area contributed by atoms with Crippen molar-refractivity contribution in [3.05, 3.63) is 60.2 Å². The first-order valence-corrected chi connectivity index (χ1v) is 5.98. The van der Waals surface area contributed by atoms with E-state index in [0.717, 1.165) is 11.8 Å². The van der Waals surface area contributed by atoms with Gasteiger partial charge in [-0.3, -0.25) is 0 Å². The van der Waals surface area contributed by atoms with E-state index < -0.39 is 0 Å². The van der Waals surface area contributed by atoms with Crippen molar-refractivity contribution in [2.75, 3.05) is 0 Å². The zero-order valence-electron chi connectivity index (χ0n) is 10.4. The predicted octanol–water partition coefficient (Wildman–Crippen LogP) is 4.12. The van der Waals surface area contributed by atoms with Crippen LogP contribution in [0.1, 0.15) is 19.4 Å². The molecule has 0 atom stereocenters. The zero-order chi connectivity index (χ0) is 12.5. The minimum atomic E-state index is 0.495. The number of hydrogen-bond donors (Lipinski definition) is 0. The molecule has 1 nitrogen and oxygen atoms in total. The lowest BCUT2D eigenvalue weighted by molar-refractivity contribution is -0.107. The summed E-state index contributed by atoms with van der Waals surface area (Å²) in [4.78, 5) is 10.3. The Morgan fingerprint density at radius 1 is 0.824 bits per heavy atom. The van der Waals surface area contributed by atoms with Crippen molar-refractivity contribution in [1.82, 2.24) is 0 Å². The summed E-state index contributed by atoms with van der Waals surface area (Å²) in [5.41, 5.74) is 3.45. The summed E-state index contributed by atoms with van der Waals surface area (Å²) in [5.74, 6) is 0. The normalized spacial score (nSPS) is 9.06.